The second kappa shape index (κ2) is 15.1. The Morgan fingerprint density at radius 1 is 1.08 bits per heavy atom. The molecule has 1 fully saturated rings. The summed E-state index contributed by atoms with van der Waals surface area (Å²) in [5.74, 6) is -0.655. The Balaban J connectivity index is 1.47. The Labute approximate surface area is 303 Å². The van der Waals surface area contributed by atoms with Gasteiger partial charge in [-0.2, -0.15) is 17.8 Å². The molecule has 5 rings (SSSR count). The number of hydrogen-bond donors (Lipinski definition) is 0. The highest BCUT2D eigenvalue weighted by Crippen LogP contribution is 2.38. The Morgan fingerprint density at radius 2 is 1.76 bits per heavy atom. The third-order valence-corrected chi connectivity index (χ3v) is 9.31. The van der Waals surface area contributed by atoms with Crippen molar-refractivity contribution in [1.82, 2.24) is 4.57 Å². The molecule has 0 N–H and O–H groups in total. The average Bonchev–Trinajstić information content (AvgIpc) is 3.75. The Hall–Kier alpha value is -4.34. The Kier molecular flexibility index (Phi) is 11.2. The van der Waals surface area contributed by atoms with Gasteiger partial charge in [0.15, 0.2) is 23.9 Å². The van der Waals surface area contributed by atoms with Gasteiger partial charge in [0, 0.05) is 23.6 Å². The topological polar surface area (TPSA) is 140 Å². The summed E-state index contributed by atoms with van der Waals surface area (Å²) in [6, 6.07) is 10.3. The molecule has 2 heterocycles. The SMILES string of the molecule is CC(C)(C)OC(=O)N(c1cccc2c1ccn2CC(=O)O[C@@H](Cc1c(Cl)c[n+]([O-])cc1Cl)c1ccc(OC(F)F)c(OCC2CC2)c1)S(C)(=O)=O. The number of alkyl halides is 2. The number of amides is 1. The van der Waals surface area contributed by atoms with E-state index in [1.165, 1.54) is 41.1 Å². The molecule has 0 unspecified atom stereocenters. The van der Waals surface area contributed by atoms with E-state index in [1.807, 2.05) is 0 Å². The molecule has 0 radical (unpaired) electrons. The molecule has 1 saturated carbocycles. The minimum Gasteiger partial charge on any atom is -0.619 e. The van der Waals surface area contributed by atoms with E-state index < -0.39 is 40.4 Å². The smallest absolute Gasteiger partial charge is 0.428 e. The average molecular weight is 771 g/mol. The molecule has 1 amide bonds. The lowest BCUT2D eigenvalue weighted by Crippen LogP contribution is -2.40. The molecular formula is C34H35Cl2F2N3O9S. The number of benzene rings is 2. The monoisotopic (exact) mass is 769 g/mol. The van der Waals surface area contributed by atoms with E-state index in [9.17, 15) is 32.0 Å². The standard InChI is InChI=1S/C34H35Cl2F2N3O9S/c1-34(2,3)50-33(43)41(51(4,45)46)27-7-5-6-26-22(27)12-13-39(26)18-31(42)48-29(15-23-24(35)16-40(44)17-25(23)36)21-10-11-28(49-32(37)38)30(14-21)47-19-20-8-9-20/h5-7,10-14,16-17,20,29,32H,8-9,15,18-19H2,1-4H3/t29-/m0/s1. The van der Waals surface area contributed by atoms with Crippen molar-refractivity contribution in [2.45, 2.75) is 64.9 Å². The van der Waals surface area contributed by atoms with Crippen molar-refractivity contribution >= 4 is 61.9 Å². The van der Waals surface area contributed by atoms with E-state index in [1.54, 1.807) is 32.9 Å². The summed E-state index contributed by atoms with van der Waals surface area (Å²) in [6.45, 7) is 1.61. The predicted octanol–water partition coefficient (Wildman–Crippen LogP) is 7.20. The first-order valence-electron chi connectivity index (χ1n) is 15.7. The second-order valence-electron chi connectivity index (χ2n) is 13.0. The molecule has 1 atom stereocenters. The largest absolute Gasteiger partial charge is 0.619 e. The number of halogens is 4. The molecule has 0 aliphatic heterocycles. The molecule has 2 aromatic heterocycles. The number of rotatable bonds is 13. The van der Waals surface area contributed by atoms with Gasteiger partial charge in [0.2, 0.25) is 10.0 Å². The summed E-state index contributed by atoms with van der Waals surface area (Å²) < 4.78 is 76.3. The van der Waals surface area contributed by atoms with Gasteiger partial charge in [0.05, 0.1) is 24.1 Å². The van der Waals surface area contributed by atoms with Crippen molar-refractivity contribution in [3.8, 4) is 11.5 Å². The highest BCUT2D eigenvalue weighted by atomic mass is 35.5. The number of esters is 1. The molecule has 51 heavy (non-hydrogen) atoms. The summed E-state index contributed by atoms with van der Waals surface area (Å²) in [5.41, 5.74) is 0.0584. The summed E-state index contributed by atoms with van der Waals surface area (Å²) in [6.07, 6.45) is 4.15. The highest BCUT2D eigenvalue weighted by Gasteiger charge is 2.32. The van der Waals surface area contributed by atoms with Crippen LogP contribution in [0.25, 0.3) is 10.9 Å². The molecule has 1 aliphatic rings. The van der Waals surface area contributed by atoms with Crippen LogP contribution in [0.3, 0.4) is 0 Å². The van der Waals surface area contributed by atoms with Crippen LogP contribution in [0.15, 0.2) is 61.1 Å². The van der Waals surface area contributed by atoms with Crippen LogP contribution in [0.1, 0.15) is 50.8 Å². The van der Waals surface area contributed by atoms with E-state index in [2.05, 4.69) is 4.74 Å². The first-order chi connectivity index (χ1) is 23.9. The fraction of sp³-hybridized carbons (Fsp3) is 0.382. The number of carbonyl (C=O) groups is 2. The number of anilines is 1. The normalized spacial score (nSPS) is 14.0. The van der Waals surface area contributed by atoms with Crippen molar-refractivity contribution in [2.24, 2.45) is 5.92 Å². The quantitative estimate of drug-likeness (QED) is 0.0785. The number of aromatic nitrogens is 2. The predicted molar refractivity (Wildman–Crippen MR) is 185 cm³/mol. The molecule has 4 aromatic rings. The number of sulfonamides is 1. The van der Waals surface area contributed by atoms with E-state index in [0.29, 0.717) is 25.5 Å². The lowest BCUT2D eigenvalue weighted by Gasteiger charge is -2.26. The van der Waals surface area contributed by atoms with Gasteiger partial charge < -0.3 is 28.7 Å². The fourth-order valence-corrected chi connectivity index (χ4v) is 6.66. The van der Waals surface area contributed by atoms with Crippen molar-refractivity contribution in [3.05, 3.63) is 87.4 Å². The maximum Gasteiger partial charge on any atom is 0.428 e. The van der Waals surface area contributed by atoms with Crippen LogP contribution in [0.2, 0.25) is 10.0 Å². The Morgan fingerprint density at radius 3 is 2.37 bits per heavy atom. The molecule has 0 saturated heterocycles. The number of fused-ring (bicyclic) bond motifs is 1. The molecule has 274 valence electrons. The van der Waals surface area contributed by atoms with E-state index >= 15 is 0 Å². The summed E-state index contributed by atoms with van der Waals surface area (Å²) in [5, 5.41) is 12.3. The van der Waals surface area contributed by atoms with Gasteiger partial charge in [0.25, 0.3) is 0 Å². The lowest BCUT2D eigenvalue weighted by atomic mass is 10.0. The zero-order valence-electron chi connectivity index (χ0n) is 28.0. The summed E-state index contributed by atoms with van der Waals surface area (Å²) in [7, 11) is -4.15. The molecule has 12 nitrogen and oxygen atoms in total. The van der Waals surface area contributed by atoms with Gasteiger partial charge >= 0.3 is 18.7 Å². The first-order valence-corrected chi connectivity index (χ1v) is 18.3. The van der Waals surface area contributed by atoms with Gasteiger partial charge in [0.1, 0.15) is 28.3 Å². The van der Waals surface area contributed by atoms with Gasteiger partial charge in [-0.05, 0) is 75.4 Å². The molecule has 0 bridgehead atoms. The molecular weight excluding hydrogens is 735 g/mol. The minimum atomic E-state index is -4.15. The number of ether oxygens (including phenoxy) is 4. The minimum absolute atomic E-state index is 0.00533. The first kappa shape index (κ1) is 37.9. The van der Waals surface area contributed by atoms with E-state index in [-0.39, 0.29) is 58.3 Å². The fourth-order valence-electron chi connectivity index (χ4n) is 5.23. The van der Waals surface area contributed by atoms with Crippen molar-refractivity contribution < 1.29 is 50.5 Å². The van der Waals surface area contributed by atoms with Crippen LogP contribution in [0, 0.1) is 11.1 Å². The van der Waals surface area contributed by atoms with E-state index in [4.69, 9.17) is 37.4 Å². The van der Waals surface area contributed by atoms with Crippen LogP contribution >= 0.6 is 23.2 Å². The second-order valence-corrected chi connectivity index (χ2v) is 15.6. The van der Waals surface area contributed by atoms with Gasteiger partial charge in [-0.1, -0.05) is 35.3 Å². The molecule has 17 heteroatoms. The number of carbonyl (C=O) groups excluding carboxylic acids is 2. The maximum atomic E-state index is 13.6. The lowest BCUT2D eigenvalue weighted by molar-refractivity contribution is -0.605. The van der Waals surface area contributed by atoms with Crippen molar-refractivity contribution in [3.63, 3.8) is 0 Å². The molecule has 1 aliphatic carbocycles. The van der Waals surface area contributed by atoms with Gasteiger partial charge in [-0.25, -0.2) is 13.2 Å². The number of pyridine rings is 1. The molecule has 2 aromatic carbocycles. The van der Waals surface area contributed by atoms with Gasteiger partial charge in [-0.15, -0.1) is 0 Å². The summed E-state index contributed by atoms with van der Waals surface area (Å²) >= 11 is 12.7. The van der Waals surface area contributed by atoms with Crippen LogP contribution in [0.4, 0.5) is 19.3 Å². The zero-order chi connectivity index (χ0) is 37.2. The third kappa shape index (κ3) is 9.71. The highest BCUT2D eigenvalue weighted by molar-refractivity contribution is 7.92. The van der Waals surface area contributed by atoms with Crippen LogP contribution < -0.4 is 18.5 Å². The van der Waals surface area contributed by atoms with E-state index in [0.717, 1.165) is 31.5 Å². The van der Waals surface area contributed by atoms with Crippen molar-refractivity contribution in [1.29, 1.82) is 0 Å². The molecule has 0 spiro atoms. The maximum absolute atomic E-state index is 13.6. The summed E-state index contributed by atoms with van der Waals surface area (Å²) in [4.78, 5) is 26.7. The number of nitrogens with zero attached hydrogens (tertiary/aromatic N) is 3. The third-order valence-electron chi connectivity index (χ3n) is 7.65. The van der Waals surface area contributed by atoms with Crippen LogP contribution in [0.5, 0.6) is 11.5 Å². The van der Waals surface area contributed by atoms with Crippen molar-refractivity contribution in [2.75, 3.05) is 17.2 Å². The van der Waals surface area contributed by atoms with Gasteiger partial charge in [-0.3, -0.25) is 4.79 Å². The van der Waals surface area contributed by atoms with Crippen LogP contribution in [-0.4, -0.2) is 50.1 Å². The zero-order valence-corrected chi connectivity index (χ0v) is 30.3. The van der Waals surface area contributed by atoms with Crippen LogP contribution in [-0.2, 0) is 37.3 Å². The Bertz CT molecular complexity index is 2030. The number of hydrogen-bond acceptors (Lipinski definition) is 9.